The van der Waals surface area contributed by atoms with Gasteiger partial charge in [0.1, 0.15) is 5.82 Å². The number of nitrogens with zero attached hydrogens (tertiary/aromatic N) is 3. The van der Waals surface area contributed by atoms with Crippen LogP contribution in [0.4, 0.5) is 14.6 Å². The van der Waals surface area contributed by atoms with Crippen LogP contribution in [-0.4, -0.2) is 40.9 Å². The number of amides is 1. The molecule has 2 heterocycles. The molecule has 3 rings (SSSR count). The smallest absolute Gasteiger partial charge is 0.250 e. The Bertz CT molecular complexity index is 532. The zero-order chi connectivity index (χ0) is 16.3. The SMILES string of the molecule is O=C(NC1CCCC(F)(F)C1)C1CCN(c2cnccn2)CC1. The summed E-state index contributed by atoms with van der Waals surface area (Å²) in [5.41, 5.74) is 0. The van der Waals surface area contributed by atoms with E-state index in [1.165, 1.54) is 0 Å². The van der Waals surface area contributed by atoms with Gasteiger partial charge in [-0.3, -0.25) is 9.78 Å². The molecule has 1 unspecified atom stereocenters. The second kappa shape index (κ2) is 6.76. The summed E-state index contributed by atoms with van der Waals surface area (Å²) in [6.45, 7) is 1.47. The van der Waals surface area contributed by atoms with Crippen LogP contribution in [-0.2, 0) is 4.79 Å². The average Bonchev–Trinajstić information content (AvgIpc) is 2.55. The van der Waals surface area contributed by atoms with Gasteiger partial charge >= 0.3 is 0 Å². The van der Waals surface area contributed by atoms with E-state index in [9.17, 15) is 13.6 Å². The second-order valence-corrected chi connectivity index (χ2v) is 6.48. The van der Waals surface area contributed by atoms with Gasteiger partial charge in [-0.25, -0.2) is 13.8 Å². The summed E-state index contributed by atoms with van der Waals surface area (Å²) in [6.07, 6.45) is 7.26. The highest BCUT2D eigenvalue weighted by atomic mass is 19.3. The van der Waals surface area contributed by atoms with E-state index >= 15 is 0 Å². The number of carbonyl (C=O) groups excluding carboxylic acids is 1. The number of aromatic nitrogens is 2. The number of carbonyl (C=O) groups is 1. The topological polar surface area (TPSA) is 58.1 Å². The summed E-state index contributed by atoms with van der Waals surface area (Å²) < 4.78 is 26.8. The number of nitrogens with one attached hydrogen (secondary N) is 1. The van der Waals surface area contributed by atoms with Crippen molar-refractivity contribution in [3.05, 3.63) is 18.6 Å². The highest BCUT2D eigenvalue weighted by Gasteiger charge is 2.37. The van der Waals surface area contributed by atoms with Crippen molar-refractivity contribution < 1.29 is 13.6 Å². The Morgan fingerprint density at radius 3 is 2.70 bits per heavy atom. The molecule has 0 spiro atoms. The third-order valence-corrected chi connectivity index (χ3v) is 4.73. The first-order valence-electron chi connectivity index (χ1n) is 8.23. The van der Waals surface area contributed by atoms with Gasteiger partial charge < -0.3 is 10.2 Å². The lowest BCUT2D eigenvalue weighted by Crippen LogP contribution is -2.47. The summed E-state index contributed by atoms with van der Waals surface area (Å²) in [4.78, 5) is 22.7. The van der Waals surface area contributed by atoms with Gasteiger partial charge in [0.05, 0.1) is 6.20 Å². The molecule has 126 valence electrons. The van der Waals surface area contributed by atoms with Crippen LogP contribution in [0.15, 0.2) is 18.6 Å². The van der Waals surface area contributed by atoms with Crippen LogP contribution in [0.5, 0.6) is 0 Å². The van der Waals surface area contributed by atoms with Crippen molar-refractivity contribution in [2.24, 2.45) is 5.92 Å². The molecule has 2 fully saturated rings. The van der Waals surface area contributed by atoms with Gasteiger partial charge in [0.2, 0.25) is 11.8 Å². The molecule has 1 aliphatic carbocycles. The third-order valence-electron chi connectivity index (χ3n) is 4.73. The summed E-state index contributed by atoms with van der Waals surface area (Å²) in [6, 6.07) is -0.385. The van der Waals surface area contributed by atoms with Crippen LogP contribution in [0.25, 0.3) is 0 Å². The Labute approximate surface area is 134 Å². The molecular weight excluding hydrogens is 302 g/mol. The zero-order valence-corrected chi connectivity index (χ0v) is 13.0. The van der Waals surface area contributed by atoms with Gasteiger partial charge in [0.25, 0.3) is 0 Å². The van der Waals surface area contributed by atoms with Crippen molar-refractivity contribution in [2.45, 2.75) is 50.5 Å². The molecule has 1 saturated heterocycles. The maximum Gasteiger partial charge on any atom is 0.250 e. The number of hydrogen-bond donors (Lipinski definition) is 1. The van der Waals surface area contributed by atoms with E-state index in [0.29, 0.717) is 25.7 Å². The maximum absolute atomic E-state index is 13.4. The quantitative estimate of drug-likeness (QED) is 0.927. The predicted molar refractivity (Wildman–Crippen MR) is 82.3 cm³/mol. The maximum atomic E-state index is 13.4. The Morgan fingerprint density at radius 1 is 1.26 bits per heavy atom. The minimum absolute atomic E-state index is 0.0597. The van der Waals surface area contributed by atoms with Crippen LogP contribution >= 0.6 is 0 Å². The van der Waals surface area contributed by atoms with Gasteiger partial charge in [-0.2, -0.15) is 0 Å². The van der Waals surface area contributed by atoms with E-state index < -0.39 is 5.92 Å². The van der Waals surface area contributed by atoms with Crippen molar-refractivity contribution in [2.75, 3.05) is 18.0 Å². The largest absolute Gasteiger partial charge is 0.355 e. The molecule has 7 heteroatoms. The number of rotatable bonds is 3. The van der Waals surface area contributed by atoms with Gasteiger partial charge in [0, 0.05) is 50.3 Å². The molecule has 1 aliphatic heterocycles. The molecule has 5 nitrogen and oxygen atoms in total. The lowest BCUT2D eigenvalue weighted by Gasteiger charge is -2.34. The number of alkyl halides is 2. The van der Waals surface area contributed by atoms with Crippen LogP contribution in [0.3, 0.4) is 0 Å². The first-order chi connectivity index (χ1) is 11.0. The van der Waals surface area contributed by atoms with E-state index in [-0.39, 0.29) is 30.7 Å². The number of hydrogen-bond acceptors (Lipinski definition) is 4. The van der Waals surface area contributed by atoms with E-state index in [0.717, 1.165) is 18.9 Å². The predicted octanol–water partition coefficient (Wildman–Crippen LogP) is 2.39. The molecule has 23 heavy (non-hydrogen) atoms. The number of anilines is 1. The monoisotopic (exact) mass is 324 g/mol. The second-order valence-electron chi connectivity index (χ2n) is 6.48. The van der Waals surface area contributed by atoms with E-state index in [2.05, 4.69) is 20.2 Å². The zero-order valence-electron chi connectivity index (χ0n) is 13.0. The Kier molecular flexibility index (Phi) is 4.73. The highest BCUT2D eigenvalue weighted by molar-refractivity contribution is 5.79. The standard InChI is InChI=1S/C16H22F2N4O/c17-16(18)5-1-2-13(10-16)21-15(23)12-3-8-22(9-4-12)14-11-19-6-7-20-14/h6-7,11-13H,1-5,8-10H2,(H,21,23). The van der Waals surface area contributed by atoms with E-state index in [1.807, 2.05) is 0 Å². The molecule has 0 aromatic carbocycles. The third kappa shape index (κ3) is 4.14. The van der Waals surface area contributed by atoms with Crippen LogP contribution in [0.2, 0.25) is 0 Å². The van der Waals surface area contributed by atoms with Crippen LogP contribution in [0.1, 0.15) is 38.5 Å². The molecule has 0 bridgehead atoms. The Hall–Kier alpha value is -1.79. The Morgan fingerprint density at radius 2 is 2.04 bits per heavy atom. The summed E-state index contributed by atoms with van der Waals surface area (Å²) in [5, 5.41) is 2.83. The summed E-state index contributed by atoms with van der Waals surface area (Å²) >= 11 is 0. The van der Waals surface area contributed by atoms with Crippen molar-refractivity contribution in [3.63, 3.8) is 0 Å². The first-order valence-corrected chi connectivity index (χ1v) is 8.23. The molecule has 1 aromatic rings. The lowest BCUT2D eigenvalue weighted by molar-refractivity contribution is -0.127. The fourth-order valence-electron chi connectivity index (χ4n) is 3.44. The molecule has 1 saturated carbocycles. The van der Waals surface area contributed by atoms with Gasteiger partial charge in [-0.15, -0.1) is 0 Å². The normalized spacial score (nSPS) is 25.1. The van der Waals surface area contributed by atoms with Gasteiger partial charge in [-0.1, -0.05) is 0 Å². The molecular formula is C16H22F2N4O. The molecule has 1 atom stereocenters. The average molecular weight is 324 g/mol. The van der Waals surface area contributed by atoms with Gasteiger partial charge in [0.15, 0.2) is 0 Å². The fraction of sp³-hybridized carbons (Fsp3) is 0.688. The fourth-order valence-corrected chi connectivity index (χ4v) is 3.44. The van der Waals surface area contributed by atoms with E-state index in [4.69, 9.17) is 0 Å². The minimum atomic E-state index is -2.63. The number of piperidine rings is 1. The van der Waals surface area contributed by atoms with Crippen molar-refractivity contribution >= 4 is 11.7 Å². The molecule has 1 amide bonds. The van der Waals surface area contributed by atoms with Crippen molar-refractivity contribution in [1.29, 1.82) is 0 Å². The van der Waals surface area contributed by atoms with Crippen molar-refractivity contribution in [1.82, 2.24) is 15.3 Å². The molecule has 1 N–H and O–H groups in total. The highest BCUT2D eigenvalue weighted by Crippen LogP contribution is 2.33. The Balaban J connectivity index is 1.49. The lowest BCUT2D eigenvalue weighted by atomic mass is 9.90. The van der Waals surface area contributed by atoms with Crippen molar-refractivity contribution in [3.8, 4) is 0 Å². The van der Waals surface area contributed by atoms with Crippen LogP contribution < -0.4 is 10.2 Å². The first kappa shape index (κ1) is 16.1. The van der Waals surface area contributed by atoms with E-state index in [1.54, 1.807) is 18.6 Å². The molecule has 1 aromatic heterocycles. The van der Waals surface area contributed by atoms with Gasteiger partial charge in [-0.05, 0) is 25.7 Å². The number of halogens is 2. The summed E-state index contributed by atoms with van der Waals surface area (Å²) in [7, 11) is 0. The molecule has 2 aliphatic rings. The summed E-state index contributed by atoms with van der Waals surface area (Å²) in [5.74, 6) is -1.99. The molecule has 0 radical (unpaired) electrons. The minimum Gasteiger partial charge on any atom is -0.355 e. The van der Waals surface area contributed by atoms with Crippen LogP contribution in [0, 0.1) is 5.92 Å².